The van der Waals surface area contributed by atoms with Gasteiger partial charge in [-0.15, -0.1) is 0 Å². The lowest BCUT2D eigenvalue weighted by atomic mass is 10.0. The van der Waals surface area contributed by atoms with Gasteiger partial charge >= 0.3 is 0 Å². The number of rotatable bonds is 2. The van der Waals surface area contributed by atoms with Crippen LogP contribution >= 0.6 is 22.3 Å². The summed E-state index contributed by atoms with van der Waals surface area (Å²) in [5, 5.41) is 0.624. The molecule has 2 aromatic rings. The Morgan fingerprint density at radius 2 is 1.72 bits per heavy atom. The second-order valence-corrected chi connectivity index (χ2v) is 6.84. The molecular weight excluding hydrogens is 291 g/mol. The van der Waals surface area contributed by atoms with Crippen molar-refractivity contribution in [3.63, 3.8) is 0 Å². The molecule has 0 aliphatic carbocycles. The first-order chi connectivity index (χ1) is 8.39. The minimum Gasteiger partial charge on any atom is -0.207 e. The molecule has 0 aliphatic heterocycles. The molecule has 0 radical (unpaired) electrons. The van der Waals surface area contributed by atoms with Crippen molar-refractivity contribution in [1.82, 2.24) is 0 Å². The van der Waals surface area contributed by atoms with Crippen molar-refractivity contribution in [2.45, 2.75) is 11.8 Å². The van der Waals surface area contributed by atoms with E-state index in [9.17, 15) is 8.42 Å². The summed E-state index contributed by atoms with van der Waals surface area (Å²) in [5.74, 6) is 0. The molecule has 0 bridgehead atoms. The van der Waals surface area contributed by atoms with Crippen molar-refractivity contribution in [1.29, 1.82) is 0 Å². The highest BCUT2D eigenvalue weighted by Crippen LogP contribution is 2.30. The van der Waals surface area contributed by atoms with Crippen LogP contribution in [-0.4, -0.2) is 8.42 Å². The summed E-state index contributed by atoms with van der Waals surface area (Å²) in [7, 11) is 1.64. The van der Waals surface area contributed by atoms with Gasteiger partial charge in [0.15, 0.2) is 0 Å². The summed E-state index contributed by atoms with van der Waals surface area (Å²) in [6, 6.07) is 12.3. The van der Waals surface area contributed by atoms with Gasteiger partial charge in [-0.2, -0.15) is 0 Å². The molecular formula is C13H10Cl2O2S. The summed E-state index contributed by atoms with van der Waals surface area (Å²) in [6.45, 7) is 1.70. The van der Waals surface area contributed by atoms with Crippen LogP contribution < -0.4 is 0 Å². The highest BCUT2D eigenvalue weighted by Gasteiger charge is 2.14. The molecule has 0 N–H and O–H groups in total. The van der Waals surface area contributed by atoms with E-state index in [1.54, 1.807) is 25.1 Å². The third-order valence-corrected chi connectivity index (χ3v) is 4.43. The first-order valence-corrected chi connectivity index (χ1v) is 7.88. The quantitative estimate of drug-likeness (QED) is 0.777. The van der Waals surface area contributed by atoms with E-state index < -0.39 is 9.05 Å². The summed E-state index contributed by atoms with van der Waals surface area (Å²) in [6.07, 6.45) is 0. The largest absolute Gasteiger partial charge is 0.261 e. The summed E-state index contributed by atoms with van der Waals surface area (Å²) >= 11 is 6.10. The molecule has 0 unspecified atom stereocenters. The molecule has 2 rings (SSSR count). The van der Waals surface area contributed by atoms with Gasteiger partial charge in [-0.25, -0.2) is 8.42 Å². The lowest BCUT2D eigenvalue weighted by Crippen LogP contribution is -1.94. The zero-order valence-electron chi connectivity index (χ0n) is 9.52. The van der Waals surface area contributed by atoms with Crippen molar-refractivity contribution in [3.8, 4) is 11.1 Å². The van der Waals surface area contributed by atoms with E-state index in [4.69, 9.17) is 22.3 Å². The maximum atomic E-state index is 11.3. The van der Waals surface area contributed by atoms with Gasteiger partial charge in [-0.1, -0.05) is 41.9 Å². The Hall–Kier alpha value is -1.03. The van der Waals surface area contributed by atoms with Gasteiger partial charge in [-0.3, -0.25) is 0 Å². The van der Waals surface area contributed by atoms with Crippen molar-refractivity contribution in [3.05, 3.63) is 53.1 Å². The number of hydrogen-bond acceptors (Lipinski definition) is 2. The first-order valence-electron chi connectivity index (χ1n) is 5.20. The van der Waals surface area contributed by atoms with Crippen LogP contribution in [0.3, 0.4) is 0 Å². The lowest BCUT2D eigenvalue weighted by molar-refractivity contribution is 0.609. The number of hydrogen-bond donors (Lipinski definition) is 0. The first kappa shape index (κ1) is 13.4. The van der Waals surface area contributed by atoms with Crippen LogP contribution in [0.5, 0.6) is 0 Å². The number of benzene rings is 2. The van der Waals surface area contributed by atoms with Gasteiger partial charge in [0, 0.05) is 21.3 Å². The summed E-state index contributed by atoms with van der Waals surface area (Å²) in [4.78, 5) is 0.125. The van der Waals surface area contributed by atoms with Crippen LogP contribution in [0.25, 0.3) is 11.1 Å². The molecule has 0 saturated carbocycles. The Balaban J connectivity index is 2.58. The zero-order chi connectivity index (χ0) is 13.3. The fourth-order valence-corrected chi connectivity index (χ4v) is 3.22. The number of aryl methyl sites for hydroxylation is 1. The van der Waals surface area contributed by atoms with E-state index in [0.717, 1.165) is 11.1 Å². The molecule has 0 fully saturated rings. The van der Waals surface area contributed by atoms with E-state index in [1.807, 2.05) is 18.2 Å². The lowest BCUT2D eigenvalue weighted by Gasteiger charge is -2.07. The predicted molar refractivity (Wildman–Crippen MR) is 74.7 cm³/mol. The van der Waals surface area contributed by atoms with Crippen LogP contribution in [0.15, 0.2) is 47.4 Å². The molecule has 0 atom stereocenters. The number of halogens is 2. The van der Waals surface area contributed by atoms with E-state index in [2.05, 4.69) is 0 Å². The maximum Gasteiger partial charge on any atom is 0.261 e. The standard InChI is InChI=1S/C13H10Cl2O2S/c1-9-8-10(6-7-13(9)18(15,16)17)11-4-2-3-5-12(11)14/h2-8H,1H3. The fraction of sp³-hybridized carbons (Fsp3) is 0.0769. The van der Waals surface area contributed by atoms with E-state index in [0.29, 0.717) is 10.6 Å². The molecule has 0 aromatic heterocycles. The molecule has 0 amide bonds. The monoisotopic (exact) mass is 300 g/mol. The van der Waals surface area contributed by atoms with Gasteiger partial charge in [-0.05, 0) is 30.2 Å². The Kier molecular flexibility index (Phi) is 3.66. The minimum atomic E-state index is -3.70. The fourth-order valence-electron chi connectivity index (χ4n) is 1.79. The minimum absolute atomic E-state index is 0.125. The van der Waals surface area contributed by atoms with Crippen LogP contribution in [0.4, 0.5) is 0 Å². The van der Waals surface area contributed by atoms with Crippen molar-refractivity contribution < 1.29 is 8.42 Å². The average Bonchev–Trinajstić information content (AvgIpc) is 2.27. The molecule has 0 aliphatic rings. The van der Waals surface area contributed by atoms with Crippen molar-refractivity contribution in [2.75, 3.05) is 0 Å². The Morgan fingerprint density at radius 1 is 1.06 bits per heavy atom. The van der Waals surface area contributed by atoms with Gasteiger partial charge < -0.3 is 0 Å². The third kappa shape index (κ3) is 2.69. The van der Waals surface area contributed by atoms with Gasteiger partial charge in [0.25, 0.3) is 9.05 Å². The van der Waals surface area contributed by atoms with Gasteiger partial charge in [0.1, 0.15) is 0 Å². The molecule has 2 aromatic carbocycles. The average molecular weight is 301 g/mol. The Bertz CT molecular complexity index is 694. The molecule has 5 heteroatoms. The van der Waals surface area contributed by atoms with Crippen LogP contribution in [-0.2, 0) is 9.05 Å². The summed E-state index contributed by atoms with van der Waals surface area (Å²) < 4.78 is 22.6. The van der Waals surface area contributed by atoms with Crippen LogP contribution in [0, 0.1) is 6.92 Å². The molecule has 0 saturated heterocycles. The van der Waals surface area contributed by atoms with Crippen LogP contribution in [0.2, 0.25) is 5.02 Å². The van der Waals surface area contributed by atoms with Crippen LogP contribution in [0.1, 0.15) is 5.56 Å². The highest BCUT2D eigenvalue weighted by molar-refractivity contribution is 8.13. The van der Waals surface area contributed by atoms with E-state index in [1.165, 1.54) is 6.07 Å². The maximum absolute atomic E-state index is 11.3. The highest BCUT2D eigenvalue weighted by atomic mass is 35.7. The van der Waals surface area contributed by atoms with Gasteiger partial charge in [0.2, 0.25) is 0 Å². The topological polar surface area (TPSA) is 34.1 Å². The molecule has 18 heavy (non-hydrogen) atoms. The second kappa shape index (κ2) is 4.92. The zero-order valence-corrected chi connectivity index (χ0v) is 11.9. The molecule has 94 valence electrons. The normalized spacial score (nSPS) is 11.5. The molecule has 0 spiro atoms. The smallest absolute Gasteiger partial charge is 0.207 e. The molecule has 0 heterocycles. The van der Waals surface area contributed by atoms with Gasteiger partial charge in [0.05, 0.1) is 4.90 Å². The summed E-state index contributed by atoms with van der Waals surface area (Å²) in [5.41, 5.74) is 2.32. The van der Waals surface area contributed by atoms with Crippen molar-refractivity contribution >= 4 is 31.3 Å². The second-order valence-electron chi connectivity index (χ2n) is 3.90. The predicted octanol–water partition coefficient (Wildman–Crippen LogP) is 4.24. The Morgan fingerprint density at radius 3 is 2.28 bits per heavy atom. The third-order valence-electron chi connectivity index (χ3n) is 2.62. The SMILES string of the molecule is Cc1cc(-c2ccccc2Cl)ccc1S(=O)(=O)Cl. The van der Waals surface area contributed by atoms with E-state index >= 15 is 0 Å². The Labute approximate surface area is 116 Å². The van der Waals surface area contributed by atoms with Crippen molar-refractivity contribution in [2.24, 2.45) is 0 Å². The van der Waals surface area contributed by atoms with E-state index in [-0.39, 0.29) is 4.90 Å². The molecule has 2 nitrogen and oxygen atoms in total.